The van der Waals surface area contributed by atoms with Gasteiger partial charge in [0, 0.05) is 31.9 Å². The number of methoxy groups -OCH3 is 2. The van der Waals surface area contributed by atoms with Crippen LogP contribution in [0.5, 0.6) is 11.5 Å². The smallest absolute Gasteiger partial charge is 0.243 e. The minimum absolute atomic E-state index is 0.107. The van der Waals surface area contributed by atoms with Gasteiger partial charge >= 0.3 is 0 Å². The van der Waals surface area contributed by atoms with Crippen LogP contribution in [0.25, 0.3) is 0 Å². The van der Waals surface area contributed by atoms with Crippen molar-refractivity contribution in [3.05, 3.63) is 126 Å². The molecule has 1 heterocycles. The van der Waals surface area contributed by atoms with Gasteiger partial charge in [-0.2, -0.15) is 0 Å². The second kappa shape index (κ2) is 13.8. The van der Waals surface area contributed by atoms with E-state index in [4.69, 9.17) is 9.47 Å². The first-order chi connectivity index (χ1) is 19.1. The first kappa shape index (κ1) is 27.4. The summed E-state index contributed by atoms with van der Waals surface area (Å²) in [5.41, 5.74) is 3.62. The van der Waals surface area contributed by atoms with E-state index in [1.54, 1.807) is 43.6 Å². The number of nitrogens with one attached hydrogen (secondary N) is 1. The Bertz CT molecular complexity index is 1350. The predicted octanol–water partition coefficient (Wildman–Crippen LogP) is 4.60. The van der Waals surface area contributed by atoms with Crippen LogP contribution in [0, 0.1) is 0 Å². The van der Waals surface area contributed by atoms with Crippen molar-refractivity contribution < 1.29 is 19.1 Å². The Balaban J connectivity index is 1.65. The maximum absolute atomic E-state index is 13.9. The number of nitrogens with zero attached hydrogens (tertiary/aromatic N) is 2. The number of hydrogen-bond donors (Lipinski definition) is 1. The quantitative estimate of drug-likeness (QED) is 0.294. The minimum atomic E-state index is -0.720. The molecule has 0 aliphatic rings. The molecule has 3 aromatic carbocycles. The molecule has 0 aliphatic heterocycles. The molecule has 0 fully saturated rings. The molecule has 0 saturated heterocycles. The Morgan fingerprint density at radius 1 is 0.769 bits per heavy atom. The van der Waals surface area contributed by atoms with Gasteiger partial charge in [0.25, 0.3) is 0 Å². The fourth-order valence-corrected chi connectivity index (χ4v) is 4.41. The molecule has 4 rings (SSSR count). The highest BCUT2D eigenvalue weighted by Gasteiger charge is 2.30. The molecule has 0 spiro atoms. The van der Waals surface area contributed by atoms with E-state index in [-0.39, 0.29) is 18.2 Å². The normalized spacial score (nSPS) is 11.3. The number of aromatic nitrogens is 1. The molecule has 7 heteroatoms. The van der Waals surface area contributed by atoms with Crippen LogP contribution in [0.4, 0.5) is 0 Å². The van der Waals surface area contributed by atoms with Crippen LogP contribution in [0.3, 0.4) is 0 Å². The van der Waals surface area contributed by atoms with E-state index in [9.17, 15) is 9.59 Å². The number of carbonyl (C=O) groups is 2. The third-order valence-corrected chi connectivity index (χ3v) is 6.49. The summed E-state index contributed by atoms with van der Waals surface area (Å²) in [5.74, 6) is 0.763. The molecule has 39 heavy (non-hydrogen) atoms. The molecular formula is C32H33N3O4. The average Bonchev–Trinajstić information content (AvgIpc) is 2.99. The van der Waals surface area contributed by atoms with E-state index in [1.165, 1.54) is 0 Å². The summed E-state index contributed by atoms with van der Waals surface area (Å²) in [6, 6.07) is 27.9. The van der Waals surface area contributed by atoms with E-state index in [0.717, 1.165) is 22.3 Å². The van der Waals surface area contributed by atoms with E-state index in [1.807, 2.05) is 78.9 Å². The summed E-state index contributed by atoms with van der Waals surface area (Å²) in [6.45, 7) is 0.642. The van der Waals surface area contributed by atoms with Gasteiger partial charge in [-0.3, -0.25) is 14.6 Å². The molecule has 2 amide bonds. The number of hydrogen-bond acceptors (Lipinski definition) is 5. The summed E-state index contributed by atoms with van der Waals surface area (Å²) < 4.78 is 10.8. The standard InChI is InChI=1S/C32H33N3O4/c1-38-29-14-13-27(20-30(29)39-2)21-31(36)35(23-26-11-7-4-8-12-26)28(19-24-9-5-3-6-10-24)32(37)34-22-25-15-17-33-18-16-25/h3-18,20,28H,19,21-23H2,1-2H3,(H,34,37)/t28-/m0/s1. The van der Waals surface area contributed by atoms with Gasteiger partial charge in [-0.05, 0) is 46.5 Å². The van der Waals surface area contributed by atoms with Crippen LogP contribution in [0.15, 0.2) is 103 Å². The highest BCUT2D eigenvalue weighted by Crippen LogP contribution is 2.28. The Kier molecular flexibility index (Phi) is 9.67. The molecule has 0 radical (unpaired) electrons. The van der Waals surface area contributed by atoms with Crippen molar-refractivity contribution in [3.8, 4) is 11.5 Å². The van der Waals surface area contributed by atoms with Crippen molar-refractivity contribution in [1.29, 1.82) is 0 Å². The number of amides is 2. The lowest BCUT2D eigenvalue weighted by Crippen LogP contribution is -2.50. The average molecular weight is 524 g/mol. The fourth-order valence-electron chi connectivity index (χ4n) is 4.41. The Morgan fingerprint density at radius 3 is 2.05 bits per heavy atom. The van der Waals surface area contributed by atoms with Crippen LogP contribution in [0.2, 0.25) is 0 Å². The van der Waals surface area contributed by atoms with E-state index >= 15 is 0 Å². The molecule has 0 aliphatic carbocycles. The van der Waals surface area contributed by atoms with Gasteiger partial charge < -0.3 is 19.7 Å². The maximum atomic E-state index is 13.9. The summed E-state index contributed by atoms with van der Waals surface area (Å²) in [4.78, 5) is 33.4. The molecule has 0 saturated carbocycles. The van der Waals surface area contributed by atoms with Crippen LogP contribution in [-0.4, -0.2) is 42.0 Å². The third-order valence-electron chi connectivity index (χ3n) is 6.49. The molecule has 0 unspecified atom stereocenters. The van der Waals surface area contributed by atoms with E-state index < -0.39 is 6.04 Å². The molecule has 1 N–H and O–H groups in total. The number of benzene rings is 3. The Hall–Kier alpha value is -4.65. The lowest BCUT2D eigenvalue weighted by Gasteiger charge is -2.32. The van der Waals surface area contributed by atoms with Crippen LogP contribution >= 0.6 is 0 Å². The highest BCUT2D eigenvalue weighted by molar-refractivity contribution is 5.89. The topological polar surface area (TPSA) is 80.8 Å². The summed E-state index contributed by atoms with van der Waals surface area (Å²) in [5, 5.41) is 3.04. The Morgan fingerprint density at radius 2 is 1.41 bits per heavy atom. The summed E-state index contributed by atoms with van der Waals surface area (Å²) in [7, 11) is 3.14. The molecule has 1 atom stereocenters. The van der Waals surface area contributed by atoms with Crippen molar-refractivity contribution in [1.82, 2.24) is 15.2 Å². The van der Waals surface area contributed by atoms with Gasteiger partial charge in [-0.1, -0.05) is 66.7 Å². The van der Waals surface area contributed by atoms with E-state index in [0.29, 0.717) is 31.0 Å². The van der Waals surface area contributed by atoms with Gasteiger partial charge in [0.2, 0.25) is 11.8 Å². The zero-order valence-electron chi connectivity index (χ0n) is 22.2. The lowest BCUT2D eigenvalue weighted by atomic mass is 10.0. The fraction of sp³-hybridized carbons (Fsp3) is 0.219. The molecule has 7 nitrogen and oxygen atoms in total. The van der Waals surface area contributed by atoms with Crippen LogP contribution < -0.4 is 14.8 Å². The third kappa shape index (κ3) is 7.68. The van der Waals surface area contributed by atoms with Gasteiger partial charge in [0.15, 0.2) is 11.5 Å². The highest BCUT2D eigenvalue weighted by atomic mass is 16.5. The SMILES string of the molecule is COc1ccc(CC(=O)N(Cc2ccccc2)[C@@H](Cc2ccccc2)C(=O)NCc2ccncc2)cc1OC. The van der Waals surface area contributed by atoms with Crippen LogP contribution in [-0.2, 0) is 35.5 Å². The molecule has 0 bridgehead atoms. The number of ether oxygens (including phenoxy) is 2. The van der Waals surface area contributed by atoms with Crippen molar-refractivity contribution >= 4 is 11.8 Å². The van der Waals surface area contributed by atoms with Crippen molar-refractivity contribution in [2.24, 2.45) is 0 Å². The predicted molar refractivity (Wildman–Crippen MR) is 150 cm³/mol. The number of pyridine rings is 1. The molecule has 4 aromatic rings. The van der Waals surface area contributed by atoms with Gasteiger partial charge in [-0.25, -0.2) is 0 Å². The van der Waals surface area contributed by atoms with E-state index in [2.05, 4.69) is 10.3 Å². The van der Waals surface area contributed by atoms with Crippen molar-refractivity contribution in [3.63, 3.8) is 0 Å². The number of carbonyl (C=O) groups excluding carboxylic acids is 2. The second-order valence-corrected chi connectivity index (χ2v) is 9.15. The zero-order chi connectivity index (χ0) is 27.5. The zero-order valence-corrected chi connectivity index (χ0v) is 22.2. The van der Waals surface area contributed by atoms with Crippen molar-refractivity contribution in [2.75, 3.05) is 14.2 Å². The van der Waals surface area contributed by atoms with Crippen molar-refractivity contribution in [2.45, 2.75) is 32.0 Å². The summed E-state index contributed by atoms with van der Waals surface area (Å²) in [6.07, 6.45) is 3.87. The summed E-state index contributed by atoms with van der Waals surface area (Å²) >= 11 is 0. The lowest BCUT2D eigenvalue weighted by molar-refractivity contribution is -0.140. The molecule has 200 valence electrons. The van der Waals surface area contributed by atoms with Gasteiger partial charge in [0.05, 0.1) is 20.6 Å². The number of rotatable bonds is 12. The van der Waals surface area contributed by atoms with Gasteiger partial charge in [0.1, 0.15) is 6.04 Å². The minimum Gasteiger partial charge on any atom is -0.493 e. The second-order valence-electron chi connectivity index (χ2n) is 9.15. The van der Waals surface area contributed by atoms with Gasteiger partial charge in [-0.15, -0.1) is 0 Å². The largest absolute Gasteiger partial charge is 0.493 e. The first-order valence-corrected chi connectivity index (χ1v) is 12.8. The van der Waals surface area contributed by atoms with Crippen LogP contribution in [0.1, 0.15) is 22.3 Å². The monoisotopic (exact) mass is 523 g/mol. The molecular weight excluding hydrogens is 490 g/mol. The molecule has 1 aromatic heterocycles. The first-order valence-electron chi connectivity index (χ1n) is 12.8. The Labute approximate surface area is 229 Å². The maximum Gasteiger partial charge on any atom is 0.243 e.